The molecule has 2 aromatic rings. The van der Waals surface area contributed by atoms with Gasteiger partial charge < -0.3 is 5.32 Å². The lowest BCUT2D eigenvalue weighted by Gasteiger charge is -2.16. The van der Waals surface area contributed by atoms with Crippen LogP contribution >= 0.6 is 0 Å². The number of nitrogens with one attached hydrogen (secondary N) is 1. The fourth-order valence-electron chi connectivity index (χ4n) is 1.96. The minimum absolute atomic E-state index is 0.178. The lowest BCUT2D eigenvalue weighted by atomic mass is 9.95. The first-order valence-corrected chi connectivity index (χ1v) is 5.75. The summed E-state index contributed by atoms with van der Waals surface area (Å²) >= 11 is 0. The van der Waals surface area contributed by atoms with Gasteiger partial charge in [0.25, 0.3) is 0 Å². The van der Waals surface area contributed by atoms with Crippen molar-refractivity contribution in [1.29, 1.82) is 0 Å². The van der Waals surface area contributed by atoms with Crippen molar-refractivity contribution in [2.45, 2.75) is 13.0 Å². The Morgan fingerprint density at radius 3 is 2.18 bits per heavy atom. The molecule has 0 aliphatic rings. The van der Waals surface area contributed by atoms with E-state index in [2.05, 4.69) is 12.2 Å². The number of hydrogen-bond donors (Lipinski definition) is 1. The van der Waals surface area contributed by atoms with Crippen molar-refractivity contribution in [2.75, 3.05) is 7.05 Å². The lowest BCUT2D eigenvalue weighted by Crippen LogP contribution is -2.13. The molecule has 0 saturated carbocycles. The third-order valence-corrected chi connectivity index (χ3v) is 3.02. The molecule has 0 aliphatic heterocycles. The first kappa shape index (κ1) is 11.8. The van der Waals surface area contributed by atoms with Crippen LogP contribution in [0.5, 0.6) is 0 Å². The van der Waals surface area contributed by atoms with Crippen LogP contribution in [0.2, 0.25) is 0 Å². The smallest absolute Gasteiger partial charge is 0.131 e. The zero-order valence-corrected chi connectivity index (χ0v) is 10.1. The molecule has 1 N–H and O–H groups in total. The molecular weight excluding hydrogens is 213 g/mol. The monoisotopic (exact) mass is 229 g/mol. The van der Waals surface area contributed by atoms with E-state index in [9.17, 15) is 4.39 Å². The summed E-state index contributed by atoms with van der Waals surface area (Å²) in [6, 6.07) is 15.0. The van der Waals surface area contributed by atoms with Gasteiger partial charge in [0.15, 0.2) is 0 Å². The highest BCUT2D eigenvalue weighted by Gasteiger charge is 2.12. The maximum atomic E-state index is 13.8. The molecule has 2 rings (SSSR count). The standard InChI is InChI=1S/C15H16FN/c1-11(17-2)12-7-3-4-8-13(12)14-9-5-6-10-15(14)16/h3-11,17H,1-2H3. The Morgan fingerprint density at radius 1 is 0.941 bits per heavy atom. The molecule has 0 aromatic heterocycles. The molecule has 2 heteroatoms. The van der Waals surface area contributed by atoms with Crippen LogP contribution in [0.15, 0.2) is 48.5 Å². The quantitative estimate of drug-likeness (QED) is 0.844. The predicted molar refractivity (Wildman–Crippen MR) is 69.3 cm³/mol. The van der Waals surface area contributed by atoms with Gasteiger partial charge in [-0.1, -0.05) is 42.5 Å². The van der Waals surface area contributed by atoms with E-state index in [-0.39, 0.29) is 11.9 Å². The van der Waals surface area contributed by atoms with E-state index in [1.54, 1.807) is 6.07 Å². The summed E-state index contributed by atoms with van der Waals surface area (Å²) in [4.78, 5) is 0. The molecule has 1 unspecified atom stereocenters. The molecule has 17 heavy (non-hydrogen) atoms. The molecule has 0 fully saturated rings. The molecule has 0 amide bonds. The Kier molecular flexibility index (Phi) is 3.55. The fourth-order valence-corrected chi connectivity index (χ4v) is 1.96. The van der Waals surface area contributed by atoms with E-state index in [1.807, 2.05) is 43.4 Å². The van der Waals surface area contributed by atoms with Gasteiger partial charge in [-0.25, -0.2) is 4.39 Å². The van der Waals surface area contributed by atoms with Crippen LogP contribution in [0.4, 0.5) is 4.39 Å². The largest absolute Gasteiger partial charge is 0.313 e. The summed E-state index contributed by atoms with van der Waals surface area (Å²) in [6.07, 6.45) is 0. The van der Waals surface area contributed by atoms with Gasteiger partial charge in [0.1, 0.15) is 5.82 Å². The maximum Gasteiger partial charge on any atom is 0.131 e. The summed E-state index contributed by atoms with van der Waals surface area (Å²) in [5.41, 5.74) is 2.72. The molecule has 0 heterocycles. The average Bonchev–Trinajstić information content (AvgIpc) is 2.38. The number of rotatable bonds is 3. The van der Waals surface area contributed by atoms with E-state index in [0.717, 1.165) is 11.1 Å². The number of hydrogen-bond acceptors (Lipinski definition) is 1. The van der Waals surface area contributed by atoms with Crippen molar-refractivity contribution in [2.24, 2.45) is 0 Å². The van der Waals surface area contributed by atoms with Gasteiger partial charge in [-0.05, 0) is 31.2 Å². The van der Waals surface area contributed by atoms with Crippen LogP contribution in [-0.4, -0.2) is 7.05 Å². The van der Waals surface area contributed by atoms with Crippen LogP contribution in [0.3, 0.4) is 0 Å². The first-order chi connectivity index (χ1) is 8.24. The summed E-state index contributed by atoms with van der Waals surface area (Å²) in [5.74, 6) is -0.178. The van der Waals surface area contributed by atoms with Crippen molar-refractivity contribution in [1.82, 2.24) is 5.32 Å². The normalized spacial score (nSPS) is 12.4. The Labute approximate surface area is 101 Å². The second kappa shape index (κ2) is 5.11. The Bertz CT molecular complexity index is 508. The van der Waals surface area contributed by atoms with Gasteiger partial charge in [0.05, 0.1) is 0 Å². The van der Waals surface area contributed by atoms with Gasteiger partial charge in [-0.15, -0.1) is 0 Å². The van der Waals surface area contributed by atoms with Crippen LogP contribution in [-0.2, 0) is 0 Å². The molecule has 1 atom stereocenters. The van der Waals surface area contributed by atoms with Crippen molar-refractivity contribution in [3.8, 4) is 11.1 Å². The zero-order valence-electron chi connectivity index (χ0n) is 10.1. The Morgan fingerprint density at radius 2 is 1.53 bits per heavy atom. The highest BCUT2D eigenvalue weighted by Crippen LogP contribution is 2.29. The van der Waals surface area contributed by atoms with Crippen LogP contribution in [0, 0.1) is 5.82 Å². The molecule has 2 aromatic carbocycles. The summed E-state index contributed by atoms with van der Waals surface area (Å²) in [6.45, 7) is 2.07. The maximum absolute atomic E-state index is 13.8. The first-order valence-electron chi connectivity index (χ1n) is 5.75. The molecule has 0 saturated heterocycles. The SMILES string of the molecule is CNC(C)c1ccccc1-c1ccccc1F. The third kappa shape index (κ3) is 2.37. The van der Waals surface area contributed by atoms with E-state index >= 15 is 0 Å². The minimum Gasteiger partial charge on any atom is -0.313 e. The Balaban J connectivity index is 2.56. The fraction of sp³-hybridized carbons (Fsp3) is 0.200. The van der Waals surface area contributed by atoms with Crippen LogP contribution in [0.25, 0.3) is 11.1 Å². The molecular formula is C15H16FN. The molecule has 0 aliphatic carbocycles. The highest BCUT2D eigenvalue weighted by atomic mass is 19.1. The van der Waals surface area contributed by atoms with Gasteiger partial charge >= 0.3 is 0 Å². The predicted octanol–water partition coefficient (Wildman–Crippen LogP) is 3.77. The molecule has 0 bridgehead atoms. The Hall–Kier alpha value is -1.67. The van der Waals surface area contributed by atoms with Crippen LogP contribution in [0.1, 0.15) is 18.5 Å². The van der Waals surface area contributed by atoms with Gasteiger partial charge in [0, 0.05) is 11.6 Å². The molecule has 0 spiro atoms. The number of benzene rings is 2. The van der Waals surface area contributed by atoms with E-state index in [4.69, 9.17) is 0 Å². The zero-order chi connectivity index (χ0) is 12.3. The second-order valence-electron chi connectivity index (χ2n) is 4.08. The molecule has 88 valence electrons. The van der Waals surface area contributed by atoms with Crippen molar-refractivity contribution < 1.29 is 4.39 Å². The van der Waals surface area contributed by atoms with Gasteiger partial charge in [0.2, 0.25) is 0 Å². The van der Waals surface area contributed by atoms with E-state index < -0.39 is 0 Å². The summed E-state index contributed by atoms with van der Waals surface area (Å²) in [7, 11) is 1.91. The highest BCUT2D eigenvalue weighted by molar-refractivity contribution is 5.68. The minimum atomic E-state index is -0.178. The summed E-state index contributed by atoms with van der Waals surface area (Å²) < 4.78 is 13.8. The summed E-state index contributed by atoms with van der Waals surface area (Å²) in [5, 5.41) is 3.19. The lowest BCUT2D eigenvalue weighted by molar-refractivity contribution is 0.628. The number of halogens is 1. The van der Waals surface area contributed by atoms with Crippen molar-refractivity contribution in [3.05, 3.63) is 59.9 Å². The van der Waals surface area contributed by atoms with Crippen LogP contribution < -0.4 is 5.32 Å². The molecule has 0 radical (unpaired) electrons. The van der Waals surface area contributed by atoms with Crippen molar-refractivity contribution in [3.63, 3.8) is 0 Å². The average molecular weight is 229 g/mol. The third-order valence-electron chi connectivity index (χ3n) is 3.02. The second-order valence-corrected chi connectivity index (χ2v) is 4.08. The van der Waals surface area contributed by atoms with Gasteiger partial charge in [-0.2, -0.15) is 0 Å². The molecule has 1 nitrogen and oxygen atoms in total. The van der Waals surface area contributed by atoms with Crippen molar-refractivity contribution >= 4 is 0 Å². The van der Waals surface area contributed by atoms with E-state index in [0.29, 0.717) is 5.56 Å². The van der Waals surface area contributed by atoms with E-state index in [1.165, 1.54) is 6.07 Å². The topological polar surface area (TPSA) is 12.0 Å². The van der Waals surface area contributed by atoms with Gasteiger partial charge in [-0.3, -0.25) is 0 Å².